The molecule has 3 heterocycles. The van der Waals surface area contributed by atoms with Gasteiger partial charge in [0, 0.05) is 13.1 Å². The second-order valence-electron chi connectivity index (χ2n) is 3.45. The van der Waals surface area contributed by atoms with Gasteiger partial charge >= 0.3 is 0 Å². The van der Waals surface area contributed by atoms with E-state index in [4.69, 9.17) is 5.73 Å². The van der Waals surface area contributed by atoms with Gasteiger partial charge in [0.1, 0.15) is 4.57 Å². The first kappa shape index (κ1) is 7.07. The maximum atomic E-state index is 6.01. The summed E-state index contributed by atoms with van der Waals surface area (Å²) in [7, 11) is 0. The monoisotopic (exact) mass is 204 g/mol. The Kier molecular flexibility index (Phi) is 1.55. The van der Waals surface area contributed by atoms with E-state index in [0.29, 0.717) is 0 Å². The van der Waals surface area contributed by atoms with Crippen LogP contribution in [0, 0.1) is 5.92 Å². The van der Waals surface area contributed by atoms with E-state index in [1.165, 1.54) is 25.9 Å². The molecule has 0 radical (unpaired) electrons. The summed E-state index contributed by atoms with van der Waals surface area (Å²) in [5.74, 6) is 0.884. The van der Waals surface area contributed by atoms with Crippen LogP contribution < -0.4 is 5.73 Å². The van der Waals surface area contributed by atoms with E-state index in [2.05, 4.69) is 20.8 Å². The van der Waals surface area contributed by atoms with Crippen LogP contribution in [0.2, 0.25) is 0 Å². The number of piperidine rings is 3. The van der Waals surface area contributed by atoms with E-state index in [0.717, 1.165) is 12.3 Å². The van der Waals surface area contributed by atoms with E-state index < -0.39 is 0 Å². The lowest BCUT2D eigenvalue weighted by atomic mass is 9.86. The van der Waals surface area contributed by atoms with E-state index >= 15 is 0 Å². The Morgan fingerprint density at radius 1 is 1.40 bits per heavy atom. The number of alkyl halides is 1. The van der Waals surface area contributed by atoms with Crippen LogP contribution >= 0.6 is 15.9 Å². The number of nitrogens with two attached hydrogens (primary N) is 1. The molecule has 0 aromatic carbocycles. The minimum Gasteiger partial charge on any atom is -0.304 e. The topological polar surface area (TPSA) is 29.3 Å². The number of nitrogens with zero attached hydrogens (tertiary/aromatic N) is 1. The van der Waals surface area contributed by atoms with E-state index in [-0.39, 0.29) is 4.57 Å². The first-order valence-corrected chi connectivity index (χ1v) is 4.71. The summed E-state index contributed by atoms with van der Waals surface area (Å²) in [6.07, 6.45) is 3.84. The Balaban J connectivity index is 2.15. The van der Waals surface area contributed by atoms with Crippen molar-refractivity contribution in [2.24, 2.45) is 11.7 Å². The highest BCUT2D eigenvalue weighted by Crippen LogP contribution is 2.39. The van der Waals surface area contributed by atoms with Crippen LogP contribution in [0.1, 0.15) is 19.3 Å². The number of hydrogen-bond acceptors (Lipinski definition) is 2. The Morgan fingerprint density at radius 2 is 2.00 bits per heavy atom. The quantitative estimate of drug-likeness (QED) is 0.474. The fourth-order valence-electron chi connectivity index (χ4n) is 2.04. The maximum absolute atomic E-state index is 6.01. The van der Waals surface area contributed by atoms with Crippen LogP contribution in [0.3, 0.4) is 0 Å². The molecule has 0 aromatic heterocycles. The van der Waals surface area contributed by atoms with Crippen LogP contribution in [-0.2, 0) is 0 Å². The summed E-state index contributed by atoms with van der Waals surface area (Å²) in [6.45, 7) is 2.37. The molecule has 1 unspecified atom stereocenters. The average molecular weight is 205 g/mol. The Labute approximate surface area is 69.9 Å². The molecule has 0 amide bonds. The van der Waals surface area contributed by atoms with Gasteiger partial charge in [-0.15, -0.1) is 0 Å². The highest BCUT2D eigenvalue weighted by Gasteiger charge is 2.40. The van der Waals surface area contributed by atoms with Crippen LogP contribution in [0.5, 0.6) is 0 Å². The Hall–Kier alpha value is 0.400. The molecule has 10 heavy (non-hydrogen) atoms. The molecule has 3 heteroatoms. The lowest BCUT2D eigenvalue weighted by Crippen LogP contribution is -2.59. The van der Waals surface area contributed by atoms with Crippen LogP contribution in [0.15, 0.2) is 0 Å². The van der Waals surface area contributed by atoms with Gasteiger partial charge in [-0.3, -0.25) is 4.90 Å². The van der Waals surface area contributed by atoms with Crippen molar-refractivity contribution in [1.82, 2.24) is 4.90 Å². The summed E-state index contributed by atoms with van der Waals surface area (Å²) in [6, 6.07) is 0. The molecular weight excluding hydrogens is 192 g/mol. The first-order valence-electron chi connectivity index (χ1n) is 3.91. The van der Waals surface area contributed by atoms with Crippen LogP contribution in [-0.4, -0.2) is 22.6 Å². The van der Waals surface area contributed by atoms with Gasteiger partial charge in [-0.1, -0.05) is 15.9 Å². The molecule has 3 aliphatic rings. The third-order valence-corrected chi connectivity index (χ3v) is 3.54. The largest absolute Gasteiger partial charge is 0.304 e. The van der Waals surface area contributed by atoms with Crippen molar-refractivity contribution < 1.29 is 0 Å². The molecule has 0 aliphatic carbocycles. The standard InChI is InChI=1S/C7H13BrN2/c8-7(9)5-6-1-3-10(7)4-2-6/h6H,1-5,9H2. The van der Waals surface area contributed by atoms with Gasteiger partial charge in [0.25, 0.3) is 0 Å². The summed E-state index contributed by atoms with van der Waals surface area (Å²) in [5.41, 5.74) is 6.01. The van der Waals surface area contributed by atoms with Gasteiger partial charge < -0.3 is 5.73 Å². The minimum atomic E-state index is -0.159. The van der Waals surface area contributed by atoms with Crippen LogP contribution in [0.25, 0.3) is 0 Å². The van der Waals surface area contributed by atoms with E-state index in [9.17, 15) is 0 Å². The molecule has 2 bridgehead atoms. The zero-order chi connectivity index (χ0) is 7.19. The van der Waals surface area contributed by atoms with Gasteiger partial charge in [0.15, 0.2) is 0 Å². The zero-order valence-electron chi connectivity index (χ0n) is 6.02. The fourth-order valence-corrected chi connectivity index (χ4v) is 2.86. The Morgan fingerprint density at radius 3 is 2.20 bits per heavy atom. The van der Waals surface area contributed by atoms with Gasteiger partial charge in [0.2, 0.25) is 0 Å². The van der Waals surface area contributed by atoms with Crippen molar-refractivity contribution in [1.29, 1.82) is 0 Å². The molecule has 2 N–H and O–H groups in total. The first-order chi connectivity index (χ1) is 4.68. The summed E-state index contributed by atoms with van der Waals surface area (Å²) in [5, 5.41) is 0. The molecular formula is C7H13BrN2. The number of rotatable bonds is 0. The van der Waals surface area contributed by atoms with Gasteiger partial charge in [-0.05, 0) is 25.2 Å². The maximum Gasteiger partial charge on any atom is 0.126 e. The van der Waals surface area contributed by atoms with Crippen LogP contribution in [0.4, 0.5) is 0 Å². The normalized spacial score (nSPS) is 53.4. The molecule has 58 valence electrons. The fraction of sp³-hybridized carbons (Fsp3) is 1.00. The smallest absolute Gasteiger partial charge is 0.126 e. The second-order valence-corrected chi connectivity index (χ2v) is 4.83. The lowest BCUT2D eigenvalue weighted by Gasteiger charge is -2.49. The number of fused-ring (bicyclic) bond motifs is 3. The third-order valence-electron chi connectivity index (χ3n) is 2.72. The van der Waals surface area contributed by atoms with Crippen molar-refractivity contribution in [3.05, 3.63) is 0 Å². The predicted molar refractivity (Wildman–Crippen MR) is 44.8 cm³/mol. The zero-order valence-corrected chi connectivity index (χ0v) is 7.60. The van der Waals surface area contributed by atoms with Gasteiger partial charge in [-0.2, -0.15) is 0 Å². The van der Waals surface area contributed by atoms with Crippen molar-refractivity contribution in [3.63, 3.8) is 0 Å². The minimum absolute atomic E-state index is 0.159. The predicted octanol–water partition coefficient (Wildman–Crippen LogP) is 1.11. The van der Waals surface area contributed by atoms with E-state index in [1.807, 2.05) is 0 Å². The lowest BCUT2D eigenvalue weighted by molar-refractivity contribution is 0.0362. The molecule has 3 saturated heterocycles. The molecule has 0 aromatic rings. The summed E-state index contributed by atoms with van der Waals surface area (Å²) in [4.78, 5) is 2.34. The highest BCUT2D eigenvalue weighted by atomic mass is 79.9. The van der Waals surface area contributed by atoms with Gasteiger partial charge in [-0.25, -0.2) is 0 Å². The number of hydrogen-bond donors (Lipinski definition) is 1. The van der Waals surface area contributed by atoms with Gasteiger partial charge in [0.05, 0.1) is 0 Å². The molecule has 1 atom stereocenters. The summed E-state index contributed by atoms with van der Waals surface area (Å²) >= 11 is 3.55. The third kappa shape index (κ3) is 1.00. The molecule has 3 rings (SSSR count). The average Bonchev–Trinajstić information content (AvgIpc) is 1.87. The molecule has 0 spiro atoms. The molecule has 2 nitrogen and oxygen atoms in total. The van der Waals surface area contributed by atoms with E-state index in [1.54, 1.807) is 0 Å². The van der Waals surface area contributed by atoms with Crippen molar-refractivity contribution in [2.75, 3.05) is 13.1 Å². The van der Waals surface area contributed by atoms with Crippen molar-refractivity contribution in [2.45, 2.75) is 23.8 Å². The Bertz CT molecular complexity index is 139. The van der Waals surface area contributed by atoms with Crippen molar-refractivity contribution >= 4 is 15.9 Å². The van der Waals surface area contributed by atoms with Crippen molar-refractivity contribution in [3.8, 4) is 0 Å². The molecule has 0 saturated carbocycles. The summed E-state index contributed by atoms with van der Waals surface area (Å²) < 4.78 is -0.159. The SMILES string of the molecule is NC1(Br)CC2CCN1CC2. The highest BCUT2D eigenvalue weighted by molar-refractivity contribution is 9.10. The number of halogens is 1. The second kappa shape index (κ2) is 2.19. The molecule has 3 fully saturated rings. The molecule has 3 aliphatic heterocycles.